The molecule has 9 atom stereocenters. The second-order valence-electron chi connectivity index (χ2n) is 16.6. The van der Waals surface area contributed by atoms with Crippen LogP contribution in [-0.2, 0) is 9.47 Å². The lowest BCUT2D eigenvalue weighted by Gasteiger charge is -2.61. The Morgan fingerprint density at radius 1 is 0.738 bits per heavy atom. The summed E-state index contributed by atoms with van der Waals surface area (Å²) in [4.78, 5) is 12.5. The van der Waals surface area contributed by atoms with E-state index in [1.807, 2.05) is 0 Å². The van der Waals surface area contributed by atoms with Gasteiger partial charge in [-0.2, -0.15) is 0 Å². The molecule has 4 saturated carbocycles. The Morgan fingerprint density at radius 3 is 2.12 bits per heavy atom. The van der Waals surface area contributed by atoms with Gasteiger partial charge in [0.2, 0.25) is 0 Å². The molecule has 3 nitrogen and oxygen atoms in total. The summed E-state index contributed by atoms with van der Waals surface area (Å²) in [5.74, 6) is 6.11. The number of carbonyl (C=O) groups is 1. The Morgan fingerprint density at radius 2 is 1.40 bits per heavy atom. The van der Waals surface area contributed by atoms with Crippen molar-refractivity contribution < 1.29 is 14.3 Å². The van der Waals surface area contributed by atoms with Gasteiger partial charge in [-0.25, -0.2) is 4.79 Å². The van der Waals surface area contributed by atoms with Crippen LogP contribution in [0.5, 0.6) is 0 Å². The molecule has 0 amide bonds. The van der Waals surface area contributed by atoms with Gasteiger partial charge in [-0.15, -0.1) is 0 Å². The molecule has 244 valence electrons. The maximum absolute atomic E-state index is 12.5. The molecule has 0 aromatic rings. The summed E-state index contributed by atoms with van der Waals surface area (Å²) < 4.78 is 11.4. The predicted molar refractivity (Wildman–Crippen MR) is 177 cm³/mol. The van der Waals surface area contributed by atoms with Crippen molar-refractivity contribution >= 4 is 6.16 Å². The molecular formula is C39H70O3. The molecule has 0 unspecified atom stereocenters. The minimum Gasteiger partial charge on any atom is -0.434 e. The van der Waals surface area contributed by atoms with E-state index >= 15 is 0 Å². The van der Waals surface area contributed by atoms with Crippen LogP contribution in [0.2, 0.25) is 0 Å². The quantitative estimate of drug-likeness (QED) is 0.133. The normalized spacial score (nSPS) is 36.6. The van der Waals surface area contributed by atoms with E-state index in [0.29, 0.717) is 23.4 Å². The summed E-state index contributed by atoms with van der Waals surface area (Å²) >= 11 is 0. The topological polar surface area (TPSA) is 35.5 Å². The highest BCUT2D eigenvalue weighted by molar-refractivity contribution is 5.60. The summed E-state index contributed by atoms with van der Waals surface area (Å²) in [5, 5.41) is 0. The average Bonchev–Trinajstić information content (AvgIpc) is 3.31. The van der Waals surface area contributed by atoms with Crippen LogP contribution in [0, 0.1) is 52.3 Å². The van der Waals surface area contributed by atoms with Crippen molar-refractivity contribution in [1.82, 2.24) is 0 Å². The van der Waals surface area contributed by atoms with Crippen LogP contribution in [0.4, 0.5) is 4.79 Å². The van der Waals surface area contributed by atoms with E-state index in [9.17, 15) is 4.79 Å². The van der Waals surface area contributed by atoms with Gasteiger partial charge in [0.1, 0.15) is 6.10 Å². The van der Waals surface area contributed by atoms with E-state index in [1.54, 1.807) is 0 Å². The van der Waals surface area contributed by atoms with E-state index in [2.05, 4.69) is 41.5 Å². The monoisotopic (exact) mass is 587 g/mol. The van der Waals surface area contributed by atoms with Crippen LogP contribution < -0.4 is 0 Å². The molecule has 42 heavy (non-hydrogen) atoms. The lowest BCUT2D eigenvalue weighted by molar-refractivity contribution is -0.132. The first-order chi connectivity index (χ1) is 20.2. The van der Waals surface area contributed by atoms with Gasteiger partial charge in [-0.05, 0) is 116 Å². The number of unbranched alkanes of at least 4 members (excludes halogenated alkanes) is 8. The first kappa shape index (κ1) is 34.1. The molecule has 0 spiro atoms. The average molecular weight is 587 g/mol. The van der Waals surface area contributed by atoms with Gasteiger partial charge >= 0.3 is 6.16 Å². The predicted octanol–water partition coefficient (Wildman–Crippen LogP) is 12.2. The summed E-state index contributed by atoms with van der Waals surface area (Å²) in [6.45, 7) is 15.5. The first-order valence-electron chi connectivity index (χ1n) is 19.0. The fraction of sp³-hybridized carbons (Fsp3) is 0.974. The Kier molecular flexibility index (Phi) is 13.0. The molecule has 0 radical (unpaired) electrons. The van der Waals surface area contributed by atoms with Crippen molar-refractivity contribution in [2.24, 2.45) is 52.3 Å². The van der Waals surface area contributed by atoms with Crippen molar-refractivity contribution in [1.29, 1.82) is 0 Å². The smallest absolute Gasteiger partial charge is 0.434 e. The molecule has 4 rings (SSSR count). The lowest BCUT2D eigenvalue weighted by Crippen LogP contribution is -2.54. The lowest BCUT2D eigenvalue weighted by atomic mass is 9.44. The largest absolute Gasteiger partial charge is 0.508 e. The minimum atomic E-state index is -0.412. The second-order valence-corrected chi connectivity index (χ2v) is 16.6. The SMILES string of the molecule is CCCCCCCCCCCOC(=O)O[C@H]1CC[C@@]2(C)[C@H](CC[C@@H]3[C@@H]2CC[C@]2(C)[C@@H]([C@@H](C)CCCC(C)C)CC[C@@H]32)C1. The van der Waals surface area contributed by atoms with E-state index in [1.165, 1.54) is 109 Å². The van der Waals surface area contributed by atoms with E-state index in [-0.39, 0.29) is 6.10 Å². The Bertz CT molecular complexity index is 807. The molecule has 0 heterocycles. The third-order valence-electron chi connectivity index (χ3n) is 13.5. The maximum Gasteiger partial charge on any atom is 0.508 e. The molecule has 0 aliphatic heterocycles. The van der Waals surface area contributed by atoms with Crippen LogP contribution >= 0.6 is 0 Å². The van der Waals surface area contributed by atoms with Crippen LogP contribution in [0.3, 0.4) is 0 Å². The van der Waals surface area contributed by atoms with Gasteiger partial charge in [0.15, 0.2) is 0 Å². The molecule has 4 fully saturated rings. The van der Waals surface area contributed by atoms with Crippen molar-refractivity contribution in [3.63, 3.8) is 0 Å². The number of carbonyl (C=O) groups excluding carboxylic acids is 1. The van der Waals surface area contributed by atoms with E-state index < -0.39 is 6.16 Å². The number of fused-ring (bicyclic) bond motifs is 5. The van der Waals surface area contributed by atoms with Gasteiger partial charge in [0.25, 0.3) is 0 Å². The van der Waals surface area contributed by atoms with Crippen LogP contribution in [0.25, 0.3) is 0 Å². The van der Waals surface area contributed by atoms with Crippen molar-refractivity contribution in [3.8, 4) is 0 Å². The number of hydrogen-bond acceptors (Lipinski definition) is 3. The van der Waals surface area contributed by atoms with E-state index in [0.717, 1.165) is 61.2 Å². The Hall–Kier alpha value is -0.730. The molecule has 0 aromatic heterocycles. The first-order valence-corrected chi connectivity index (χ1v) is 19.0. The highest BCUT2D eigenvalue weighted by Crippen LogP contribution is 2.68. The molecule has 4 aliphatic carbocycles. The summed E-state index contributed by atoms with van der Waals surface area (Å²) in [6, 6.07) is 0. The molecule has 4 aliphatic rings. The second kappa shape index (κ2) is 16.0. The van der Waals surface area contributed by atoms with Gasteiger partial charge in [-0.3, -0.25) is 0 Å². The zero-order valence-electron chi connectivity index (χ0n) is 28.9. The fourth-order valence-corrected chi connectivity index (χ4v) is 11.1. The molecule has 0 saturated heterocycles. The number of rotatable bonds is 16. The molecule has 0 N–H and O–H groups in total. The maximum atomic E-state index is 12.5. The summed E-state index contributed by atoms with van der Waals surface area (Å²) in [7, 11) is 0. The molecule has 3 heteroatoms. The van der Waals surface area contributed by atoms with Crippen molar-refractivity contribution in [2.45, 2.75) is 182 Å². The van der Waals surface area contributed by atoms with Crippen LogP contribution in [0.15, 0.2) is 0 Å². The highest BCUT2D eigenvalue weighted by Gasteiger charge is 2.60. The van der Waals surface area contributed by atoms with Crippen molar-refractivity contribution in [2.75, 3.05) is 6.61 Å². The summed E-state index contributed by atoms with van der Waals surface area (Å²) in [5.41, 5.74) is 1.01. The van der Waals surface area contributed by atoms with Gasteiger partial charge in [0.05, 0.1) is 6.61 Å². The molecular weight excluding hydrogens is 516 g/mol. The van der Waals surface area contributed by atoms with Gasteiger partial charge < -0.3 is 9.47 Å². The van der Waals surface area contributed by atoms with Crippen molar-refractivity contribution in [3.05, 3.63) is 0 Å². The standard InChI is InChI=1S/C39H70O3/c1-7-8-9-10-11-12-13-14-15-27-41-37(40)42-32-23-25-38(5)31(28-32)19-20-33-35-22-21-34(30(4)18-16-17-29(2)3)39(35,6)26-24-36(33)38/h29-36H,7-28H2,1-6H3/t30-,31+,32-,33-,34+,35-,36-,38-,39+/m0/s1. The third-order valence-corrected chi connectivity index (χ3v) is 13.5. The van der Waals surface area contributed by atoms with Crippen LogP contribution in [0.1, 0.15) is 176 Å². The van der Waals surface area contributed by atoms with Gasteiger partial charge in [0, 0.05) is 0 Å². The zero-order chi connectivity index (χ0) is 30.2. The highest BCUT2D eigenvalue weighted by atomic mass is 16.7. The number of hydrogen-bond donors (Lipinski definition) is 0. The number of ether oxygens (including phenoxy) is 2. The van der Waals surface area contributed by atoms with Gasteiger partial charge in [-0.1, -0.05) is 112 Å². The fourth-order valence-electron chi connectivity index (χ4n) is 11.1. The minimum absolute atomic E-state index is 0.0617. The zero-order valence-corrected chi connectivity index (χ0v) is 28.9. The Balaban J connectivity index is 1.19. The third kappa shape index (κ3) is 8.29. The molecule has 0 aromatic carbocycles. The van der Waals surface area contributed by atoms with E-state index in [4.69, 9.17) is 9.47 Å². The van der Waals surface area contributed by atoms with Crippen LogP contribution in [-0.4, -0.2) is 18.9 Å². The molecule has 0 bridgehead atoms. The summed E-state index contributed by atoms with van der Waals surface area (Å²) in [6.07, 6.45) is 27.3. The Labute approximate surface area is 261 Å².